The third kappa shape index (κ3) is 5.10. The molecule has 108 valence electrons. The molecule has 21 heavy (non-hydrogen) atoms. The minimum Gasteiger partial charge on any atom is -0.376 e. The Kier molecular flexibility index (Phi) is 5.60. The number of anilines is 1. The Bertz CT molecular complexity index is 659. The van der Waals surface area contributed by atoms with Gasteiger partial charge in [0, 0.05) is 21.3 Å². The molecule has 0 aliphatic rings. The van der Waals surface area contributed by atoms with E-state index in [0.717, 1.165) is 11.3 Å². The Morgan fingerprint density at radius 1 is 1.14 bits per heavy atom. The lowest BCUT2D eigenvalue weighted by Crippen LogP contribution is -2.25. The molecule has 2 N–H and O–H groups in total. The van der Waals surface area contributed by atoms with Crippen molar-refractivity contribution in [2.75, 3.05) is 11.9 Å². The standard InChI is InChI=1S/C15H13Cl2N3O/c16-12-5-3-6-13(8-12)18-10-15(21)20-19-9-11-4-1-2-7-14(11)17/h1-9,18H,10H2,(H,20,21)/b19-9+. The molecular formula is C15H13Cl2N3O. The summed E-state index contributed by atoms with van der Waals surface area (Å²) in [5.74, 6) is -0.265. The van der Waals surface area contributed by atoms with E-state index >= 15 is 0 Å². The number of hydrogen-bond donors (Lipinski definition) is 2. The number of hydrazone groups is 1. The van der Waals surface area contributed by atoms with Gasteiger partial charge in [0.2, 0.25) is 0 Å². The van der Waals surface area contributed by atoms with Gasteiger partial charge in [-0.2, -0.15) is 5.10 Å². The van der Waals surface area contributed by atoms with Crippen LogP contribution in [0.1, 0.15) is 5.56 Å². The van der Waals surface area contributed by atoms with Gasteiger partial charge < -0.3 is 5.32 Å². The van der Waals surface area contributed by atoms with Crippen molar-refractivity contribution >= 4 is 41.0 Å². The number of benzene rings is 2. The average Bonchev–Trinajstić information content (AvgIpc) is 2.47. The number of rotatable bonds is 5. The van der Waals surface area contributed by atoms with Crippen molar-refractivity contribution in [3.8, 4) is 0 Å². The number of halogens is 2. The molecule has 6 heteroatoms. The molecule has 0 spiro atoms. The molecule has 4 nitrogen and oxygen atoms in total. The van der Waals surface area contributed by atoms with Crippen LogP contribution in [-0.2, 0) is 4.79 Å². The molecule has 0 saturated carbocycles. The maximum absolute atomic E-state index is 11.6. The molecule has 0 radical (unpaired) electrons. The van der Waals surface area contributed by atoms with Crippen molar-refractivity contribution < 1.29 is 4.79 Å². The van der Waals surface area contributed by atoms with Crippen molar-refractivity contribution in [1.29, 1.82) is 0 Å². The van der Waals surface area contributed by atoms with Crippen molar-refractivity contribution in [2.45, 2.75) is 0 Å². The first-order valence-electron chi connectivity index (χ1n) is 6.21. The van der Waals surface area contributed by atoms with E-state index in [1.807, 2.05) is 24.3 Å². The zero-order valence-electron chi connectivity index (χ0n) is 11.0. The van der Waals surface area contributed by atoms with Gasteiger partial charge in [-0.15, -0.1) is 0 Å². The molecular weight excluding hydrogens is 309 g/mol. The molecule has 0 atom stereocenters. The summed E-state index contributed by atoms with van der Waals surface area (Å²) >= 11 is 11.8. The highest BCUT2D eigenvalue weighted by Gasteiger charge is 2.00. The number of nitrogens with one attached hydrogen (secondary N) is 2. The first-order chi connectivity index (χ1) is 10.1. The van der Waals surface area contributed by atoms with Crippen LogP contribution in [0.2, 0.25) is 10.0 Å². The van der Waals surface area contributed by atoms with E-state index < -0.39 is 0 Å². The molecule has 1 amide bonds. The Morgan fingerprint density at radius 3 is 2.71 bits per heavy atom. The van der Waals surface area contributed by atoms with E-state index in [4.69, 9.17) is 23.2 Å². The summed E-state index contributed by atoms with van der Waals surface area (Å²) in [5, 5.41) is 7.99. The van der Waals surface area contributed by atoms with Gasteiger partial charge in [0.1, 0.15) is 0 Å². The predicted octanol–water partition coefficient (Wildman–Crippen LogP) is 3.56. The number of carbonyl (C=O) groups excluding carboxylic acids is 1. The van der Waals surface area contributed by atoms with Crippen LogP contribution in [0.15, 0.2) is 53.6 Å². The van der Waals surface area contributed by atoms with Crippen molar-refractivity contribution in [1.82, 2.24) is 5.43 Å². The number of carbonyl (C=O) groups is 1. The molecule has 0 aliphatic heterocycles. The number of nitrogens with zero attached hydrogens (tertiary/aromatic N) is 1. The fourth-order valence-electron chi connectivity index (χ4n) is 1.57. The van der Waals surface area contributed by atoms with E-state index in [0.29, 0.717) is 10.0 Å². The van der Waals surface area contributed by atoms with E-state index in [1.54, 1.807) is 24.3 Å². The molecule has 2 rings (SSSR count). The molecule has 2 aromatic carbocycles. The Morgan fingerprint density at radius 2 is 1.95 bits per heavy atom. The van der Waals surface area contributed by atoms with Gasteiger partial charge in [-0.1, -0.05) is 47.5 Å². The van der Waals surface area contributed by atoms with Crippen LogP contribution >= 0.6 is 23.2 Å². The van der Waals surface area contributed by atoms with Crippen LogP contribution in [0, 0.1) is 0 Å². The fraction of sp³-hybridized carbons (Fsp3) is 0.0667. The first-order valence-corrected chi connectivity index (χ1v) is 6.96. The van der Waals surface area contributed by atoms with Gasteiger partial charge in [0.15, 0.2) is 0 Å². The highest BCUT2D eigenvalue weighted by Crippen LogP contribution is 2.14. The first kappa shape index (κ1) is 15.4. The quantitative estimate of drug-likeness (QED) is 0.653. The van der Waals surface area contributed by atoms with Crippen molar-refractivity contribution in [3.63, 3.8) is 0 Å². The summed E-state index contributed by atoms with van der Waals surface area (Å²) in [7, 11) is 0. The molecule has 0 aliphatic carbocycles. The third-order valence-electron chi connectivity index (χ3n) is 2.58. The van der Waals surface area contributed by atoms with Crippen LogP contribution in [0.3, 0.4) is 0 Å². The minimum atomic E-state index is -0.265. The molecule has 2 aromatic rings. The van der Waals surface area contributed by atoms with Gasteiger partial charge in [0.05, 0.1) is 12.8 Å². The highest BCUT2D eigenvalue weighted by molar-refractivity contribution is 6.33. The zero-order valence-corrected chi connectivity index (χ0v) is 12.5. The second-order valence-corrected chi connectivity index (χ2v) is 5.02. The summed E-state index contributed by atoms with van der Waals surface area (Å²) in [6, 6.07) is 14.4. The average molecular weight is 322 g/mol. The van der Waals surface area contributed by atoms with Gasteiger partial charge in [-0.3, -0.25) is 4.79 Å². The Labute approximate surface area is 132 Å². The summed E-state index contributed by atoms with van der Waals surface area (Å²) in [5.41, 5.74) is 3.93. The van der Waals surface area contributed by atoms with Crippen molar-refractivity contribution in [2.24, 2.45) is 5.10 Å². The minimum absolute atomic E-state index is 0.0974. The van der Waals surface area contributed by atoms with Gasteiger partial charge >= 0.3 is 0 Å². The number of amides is 1. The normalized spacial score (nSPS) is 10.6. The van der Waals surface area contributed by atoms with E-state index in [2.05, 4.69) is 15.8 Å². The van der Waals surface area contributed by atoms with Gasteiger partial charge in [-0.05, 0) is 24.3 Å². The molecule has 0 saturated heterocycles. The summed E-state index contributed by atoms with van der Waals surface area (Å²) < 4.78 is 0. The molecule has 0 bridgehead atoms. The van der Waals surface area contributed by atoms with Crippen LogP contribution < -0.4 is 10.7 Å². The van der Waals surface area contributed by atoms with Crippen LogP contribution in [-0.4, -0.2) is 18.7 Å². The molecule has 0 fully saturated rings. The fourth-order valence-corrected chi connectivity index (χ4v) is 1.95. The number of hydrogen-bond acceptors (Lipinski definition) is 3. The van der Waals surface area contributed by atoms with E-state index in [-0.39, 0.29) is 12.5 Å². The van der Waals surface area contributed by atoms with E-state index in [9.17, 15) is 4.79 Å². The van der Waals surface area contributed by atoms with Crippen LogP contribution in [0.4, 0.5) is 5.69 Å². The predicted molar refractivity (Wildman–Crippen MR) is 87.1 cm³/mol. The highest BCUT2D eigenvalue weighted by atomic mass is 35.5. The lowest BCUT2D eigenvalue weighted by Gasteiger charge is -2.05. The van der Waals surface area contributed by atoms with Gasteiger partial charge in [0.25, 0.3) is 5.91 Å². The van der Waals surface area contributed by atoms with Crippen LogP contribution in [0.25, 0.3) is 0 Å². The summed E-state index contributed by atoms with van der Waals surface area (Å²) in [6.45, 7) is 0.0974. The lowest BCUT2D eigenvalue weighted by molar-refractivity contribution is -0.119. The summed E-state index contributed by atoms with van der Waals surface area (Å²) in [6.07, 6.45) is 1.50. The Balaban J connectivity index is 1.81. The maximum Gasteiger partial charge on any atom is 0.259 e. The maximum atomic E-state index is 11.6. The van der Waals surface area contributed by atoms with Gasteiger partial charge in [-0.25, -0.2) is 5.43 Å². The monoisotopic (exact) mass is 321 g/mol. The molecule has 0 heterocycles. The summed E-state index contributed by atoms with van der Waals surface area (Å²) in [4.78, 5) is 11.6. The smallest absolute Gasteiger partial charge is 0.259 e. The molecule has 0 aromatic heterocycles. The SMILES string of the molecule is O=C(CNc1cccc(Cl)c1)N/N=C/c1ccccc1Cl. The van der Waals surface area contributed by atoms with Crippen LogP contribution in [0.5, 0.6) is 0 Å². The second kappa shape index (κ2) is 7.67. The third-order valence-corrected chi connectivity index (χ3v) is 3.16. The second-order valence-electron chi connectivity index (χ2n) is 4.18. The van der Waals surface area contributed by atoms with E-state index in [1.165, 1.54) is 6.21 Å². The Hall–Kier alpha value is -2.04. The largest absolute Gasteiger partial charge is 0.376 e. The topological polar surface area (TPSA) is 53.5 Å². The van der Waals surface area contributed by atoms with Crippen molar-refractivity contribution in [3.05, 3.63) is 64.1 Å². The zero-order chi connectivity index (χ0) is 15.1. The lowest BCUT2D eigenvalue weighted by atomic mass is 10.2. The molecule has 0 unspecified atom stereocenters.